The Balaban J connectivity index is 1.51. The largest absolute Gasteiger partial charge is 0.493 e. The molecule has 0 atom stereocenters. The van der Waals surface area contributed by atoms with Gasteiger partial charge < -0.3 is 18.9 Å². The van der Waals surface area contributed by atoms with Crippen LogP contribution in [0.15, 0.2) is 58.4 Å². The zero-order valence-electron chi connectivity index (χ0n) is 17.8. The van der Waals surface area contributed by atoms with Crippen molar-refractivity contribution < 1.29 is 18.9 Å². The molecule has 2 heterocycles. The maximum atomic E-state index is 12.3. The Morgan fingerprint density at radius 3 is 2.76 bits per heavy atom. The quantitative estimate of drug-likeness (QED) is 0.398. The van der Waals surface area contributed by atoms with Gasteiger partial charge in [-0.05, 0) is 23.8 Å². The normalized spacial score (nSPS) is 13.7. The first-order valence-corrected chi connectivity index (χ1v) is 10.1. The number of benzene rings is 2. The van der Waals surface area contributed by atoms with Crippen LogP contribution in [0.4, 0.5) is 5.95 Å². The SMILES string of the molecule is COc1ccc(C=NNc2nc(-c3ccccc3)c(C#N)c(=O)[nH]2)cc1OCC1OCCO1. The average Bonchev–Trinajstić information content (AvgIpc) is 3.37. The second-order valence-corrected chi connectivity index (χ2v) is 6.88. The summed E-state index contributed by atoms with van der Waals surface area (Å²) in [5.41, 5.74) is 3.72. The third kappa shape index (κ3) is 5.35. The first-order valence-electron chi connectivity index (χ1n) is 10.1. The number of nitrogens with one attached hydrogen (secondary N) is 2. The lowest BCUT2D eigenvalue weighted by molar-refractivity contribution is -0.0687. The van der Waals surface area contributed by atoms with E-state index >= 15 is 0 Å². The van der Waals surface area contributed by atoms with E-state index in [1.54, 1.807) is 49.6 Å². The van der Waals surface area contributed by atoms with Crippen LogP contribution in [-0.2, 0) is 9.47 Å². The second-order valence-electron chi connectivity index (χ2n) is 6.88. The highest BCUT2D eigenvalue weighted by Gasteiger charge is 2.17. The molecule has 33 heavy (non-hydrogen) atoms. The topological polar surface area (TPSA) is 131 Å². The summed E-state index contributed by atoms with van der Waals surface area (Å²) in [7, 11) is 1.55. The highest BCUT2D eigenvalue weighted by molar-refractivity contribution is 5.81. The van der Waals surface area contributed by atoms with Gasteiger partial charge in [-0.2, -0.15) is 10.4 Å². The molecule has 10 nitrogen and oxygen atoms in total. The fourth-order valence-electron chi connectivity index (χ4n) is 3.15. The van der Waals surface area contributed by atoms with Gasteiger partial charge >= 0.3 is 0 Å². The minimum atomic E-state index is -0.555. The number of hydrazone groups is 1. The molecule has 2 N–H and O–H groups in total. The second kappa shape index (κ2) is 10.4. The summed E-state index contributed by atoms with van der Waals surface area (Å²) in [4.78, 5) is 19.2. The fraction of sp³-hybridized carbons (Fsp3) is 0.217. The number of rotatable bonds is 8. The minimum absolute atomic E-state index is 0.0668. The Morgan fingerprint density at radius 1 is 1.24 bits per heavy atom. The molecule has 4 rings (SSSR count). The molecule has 1 fully saturated rings. The standard InChI is InChI=1S/C23H21N5O5/c1-30-18-8-7-15(11-19(18)33-14-20-31-9-10-32-20)13-25-28-23-26-21(16-5-3-2-4-6-16)17(12-24)22(29)27-23/h2-8,11,13,20H,9-10,14H2,1H3,(H2,26,27,28,29). The van der Waals surface area contributed by atoms with Crippen LogP contribution in [0, 0.1) is 11.3 Å². The van der Waals surface area contributed by atoms with Crippen molar-refractivity contribution in [3.63, 3.8) is 0 Å². The minimum Gasteiger partial charge on any atom is -0.493 e. The van der Waals surface area contributed by atoms with E-state index in [0.29, 0.717) is 35.8 Å². The van der Waals surface area contributed by atoms with Gasteiger partial charge in [-0.15, -0.1) is 0 Å². The number of nitriles is 1. The van der Waals surface area contributed by atoms with Crippen LogP contribution in [0.2, 0.25) is 0 Å². The summed E-state index contributed by atoms with van der Waals surface area (Å²) in [6.07, 6.45) is 1.13. The van der Waals surface area contributed by atoms with E-state index in [2.05, 4.69) is 20.5 Å². The van der Waals surface area contributed by atoms with Gasteiger partial charge in [0.1, 0.15) is 18.2 Å². The van der Waals surface area contributed by atoms with E-state index in [4.69, 9.17) is 18.9 Å². The van der Waals surface area contributed by atoms with Crippen LogP contribution in [0.5, 0.6) is 11.5 Å². The zero-order valence-corrected chi connectivity index (χ0v) is 17.8. The van der Waals surface area contributed by atoms with Crippen LogP contribution < -0.4 is 20.5 Å². The van der Waals surface area contributed by atoms with Gasteiger partial charge in [-0.1, -0.05) is 30.3 Å². The third-order valence-corrected chi connectivity index (χ3v) is 4.72. The van der Waals surface area contributed by atoms with E-state index < -0.39 is 11.8 Å². The first-order chi connectivity index (χ1) is 16.2. The Morgan fingerprint density at radius 2 is 2.03 bits per heavy atom. The number of methoxy groups -OCH3 is 1. The molecule has 0 spiro atoms. The van der Waals surface area contributed by atoms with Crippen LogP contribution >= 0.6 is 0 Å². The Hall–Kier alpha value is -4.20. The predicted molar refractivity (Wildman–Crippen MR) is 120 cm³/mol. The molecule has 0 aliphatic carbocycles. The number of ether oxygens (including phenoxy) is 4. The first kappa shape index (κ1) is 22.0. The molecular weight excluding hydrogens is 426 g/mol. The van der Waals surface area contributed by atoms with Crippen LogP contribution in [0.3, 0.4) is 0 Å². The van der Waals surface area contributed by atoms with Crippen molar-refractivity contribution in [2.45, 2.75) is 6.29 Å². The lowest BCUT2D eigenvalue weighted by Gasteiger charge is -2.14. The van der Waals surface area contributed by atoms with Crippen LogP contribution in [0.1, 0.15) is 11.1 Å². The molecule has 1 aliphatic heterocycles. The number of hydrogen-bond acceptors (Lipinski definition) is 9. The van der Waals surface area contributed by atoms with Crippen molar-refractivity contribution in [3.8, 4) is 28.8 Å². The van der Waals surface area contributed by atoms with Gasteiger partial charge in [-0.3, -0.25) is 9.78 Å². The van der Waals surface area contributed by atoms with Crippen molar-refractivity contribution in [2.75, 3.05) is 32.4 Å². The van der Waals surface area contributed by atoms with E-state index in [1.807, 2.05) is 12.1 Å². The van der Waals surface area contributed by atoms with Crippen molar-refractivity contribution >= 4 is 12.2 Å². The fourth-order valence-corrected chi connectivity index (χ4v) is 3.15. The number of aromatic amines is 1. The van der Waals surface area contributed by atoms with Gasteiger partial charge in [0.2, 0.25) is 5.95 Å². The molecule has 1 aromatic heterocycles. The van der Waals surface area contributed by atoms with Crippen molar-refractivity contribution in [3.05, 3.63) is 70.0 Å². The number of aromatic nitrogens is 2. The van der Waals surface area contributed by atoms with Gasteiger partial charge in [0.25, 0.3) is 5.56 Å². The van der Waals surface area contributed by atoms with E-state index in [0.717, 1.165) is 0 Å². The summed E-state index contributed by atoms with van der Waals surface area (Å²) in [5, 5.41) is 13.5. The number of nitrogens with zero attached hydrogens (tertiary/aromatic N) is 3. The monoisotopic (exact) mass is 447 g/mol. The highest BCUT2D eigenvalue weighted by Crippen LogP contribution is 2.28. The van der Waals surface area contributed by atoms with Gasteiger partial charge in [0.15, 0.2) is 17.8 Å². The van der Waals surface area contributed by atoms with Crippen molar-refractivity contribution in [1.29, 1.82) is 5.26 Å². The average molecular weight is 447 g/mol. The van der Waals surface area contributed by atoms with Gasteiger partial charge in [-0.25, -0.2) is 10.4 Å². The highest BCUT2D eigenvalue weighted by atomic mass is 16.7. The molecule has 3 aromatic rings. The molecule has 10 heteroatoms. The van der Waals surface area contributed by atoms with Gasteiger partial charge in [0.05, 0.1) is 32.2 Å². The van der Waals surface area contributed by atoms with E-state index in [1.165, 1.54) is 6.21 Å². The summed E-state index contributed by atoms with van der Waals surface area (Å²) in [6.45, 7) is 1.32. The molecule has 0 unspecified atom stereocenters. The predicted octanol–water partition coefficient (Wildman–Crippen LogP) is 2.51. The number of hydrogen-bond donors (Lipinski definition) is 2. The van der Waals surface area contributed by atoms with E-state index in [9.17, 15) is 10.1 Å². The number of H-pyrrole nitrogens is 1. The molecule has 0 radical (unpaired) electrons. The third-order valence-electron chi connectivity index (χ3n) is 4.72. The molecule has 0 amide bonds. The Labute approximate surface area is 189 Å². The molecule has 168 valence electrons. The molecule has 0 saturated carbocycles. The molecule has 1 aliphatic rings. The lowest BCUT2D eigenvalue weighted by Crippen LogP contribution is -2.18. The maximum absolute atomic E-state index is 12.3. The lowest BCUT2D eigenvalue weighted by atomic mass is 10.1. The zero-order chi connectivity index (χ0) is 23.0. The molecule has 0 bridgehead atoms. The Bertz CT molecular complexity index is 1230. The smallest absolute Gasteiger partial charge is 0.270 e. The van der Waals surface area contributed by atoms with Crippen LogP contribution in [-0.4, -0.2) is 49.4 Å². The summed E-state index contributed by atoms with van der Waals surface area (Å²) in [6, 6.07) is 16.2. The van der Waals surface area contributed by atoms with Crippen molar-refractivity contribution in [1.82, 2.24) is 9.97 Å². The Kier molecular flexibility index (Phi) is 6.94. The molecular formula is C23H21N5O5. The summed E-state index contributed by atoms with van der Waals surface area (Å²) >= 11 is 0. The van der Waals surface area contributed by atoms with Crippen molar-refractivity contribution in [2.24, 2.45) is 5.10 Å². The number of anilines is 1. The van der Waals surface area contributed by atoms with E-state index in [-0.39, 0.29) is 23.8 Å². The summed E-state index contributed by atoms with van der Waals surface area (Å²) < 4.78 is 21.9. The molecule has 1 saturated heterocycles. The maximum Gasteiger partial charge on any atom is 0.270 e. The molecule has 2 aromatic carbocycles. The van der Waals surface area contributed by atoms with Crippen LogP contribution in [0.25, 0.3) is 11.3 Å². The summed E-state index contributed by atoms with van der Waals surface area (Å²) in [5.74, 6) is 1.18. The van der Waals surface area contributed by atoms with Gasteiger partial charge in [0, 0.05) is 5.56 Å².